The number of hydrogen-bond donors (Lipinski definition) is 3. The van der Waals surface area contributed by atoms with Crippen LogP contribution in [0, 0.1) is 17.8 Å². The zero-order valence-corrected chi connectivity index (χ0v) is 12.1. The van der Waals surface area contributed by atoms with Crippen LogP contribution in [-0.2, 0) is 11.8 Å². The Balaban J connectivity index is 1.66. The number of nitrogens with two attached hydrogens (primary N) is 1. The van der Waals surface area contributed by atoms with E-state index in [1.54, 1.807) is 7.05 Å². The van der Waals surface area contributed by atoms with E-state index in [9.17, 15) is 4.79 Å². The van der Waals surface area contributed by atoms with Gasteiger partial charge in [-0.2, -0.15) is 5.10 Å². The molecule has 0 saturated heterocycles. The number of carbonyl (C=O) groups excluding carboxylic acids is 1. The molecule has 2 bridgehead atoms. The van der Waals surface area contributed by atoms with E-state index in [-0.39, 0.29) is 11.7 Å². The summed E-state index contributed by atoms with van der Waals surface area (Å²) in [6, 6.07) is 0. The first-order valence-electron chi connectivity index (χ1n) is 7.38. The summed E-state index contributed by atoms with van der Waals surface area (Å²) in [4.78, 5) is 12.3. The number of aromatic nitrogens is 2. The van der Waals surface area contributed by atoms with Crippen molar-refractivity contribution in [3.05, 3.63) is 11.8 Å². The van der Waals surface area contributed by atoms with Crippen LogP contribution in [0.1, 0.15) is 37.7 Å². The second kappa shape index (κ2) is 5.38. The van der Waals surface area contributed by atoms with Gasteiger partial charge in [0.2, 0.25) is 5.91 Å². The molecule has 1 amide bonds. The lowest BCUT2D eigenvalue weighted by molar-refractivity contribution is -0.117. The minimum Gasteiger partial charge on any atom is -0.409 e. The third kappa shape index (κ3) is 2.59. The molecule has 0 spiro atoms. The van der Waals surface area contributed by atoms with Crippen molar-refractivity contribution in [2.75, 3.05) is 5.32 Å². The molecule has 3 rings (SSSR count). The first-order valence-corrected chi connectivity index (χ1v) is 7.38. The third-order valence-corrected chi connectivity index (χ3v) is 4.91. The van der Waals surface area contributed by atoms with Crippen LogP contribution in [0.4, 0.5) is 5.82 Å². The molecule has 21 heavy (non-hydrogen) atoms. The van der Waals surface area contributed by atoms with Crippen LogP contribution in [0.5, 0.6) is 0 Å². The third-order valence-electron chi connectivity index (χ3n) is 4.91. The Morgan fingerprint density at radius 3 is 3.00 bits per heavy atom. The lowest BCUT2D eigenvalue weighted by Crippen LogP contribution is -2.23. The van der Waals surface area contributed by atoms with Crippen LogP contribution in [-0.4, -0.2) is 26.7 Å². The Morgan fingerprint density at radius 2 is 2.38 bits per heavy atom. The maximum Gasteiger partial charge on any atom is 0.225 e. The summed E-state index contributed by atoms with van der Waals surface area (Å²) < 4.78 is 1.52. The van der Waals surface area contributed by atoms with Gasteiger partial charge in [0, 0.05) is 13.5 Å². The second-order valence-corrected chi connectivity index (χ2v) is 6.20. The van der Waals surface area contributed by atoms with Gasteiger partial charge in [0.25, 0.3) is 0 Å². The Hall–Kier alpha value is -2.05. The average molecular weight is 291 g/mol. The fourth-order valence-corrected chi connectivity index (χ4v) is 3.87. The lowest BCUT2D eigenvalue weighted by atomic mass is 9.86. The fourth-order valence-electron chi connectivity index (χ4n) is 3.87. The summed E-state index contributed by atoms with van der Waals surface area (Å²) in [5.41, 5.74) is 6.02. The topological polar surface area (TPSA) is 106 Å². The van der Waals surface area contributed by atoms with Crippen molar-refractivity contribution < 1.29 is 10.0 Å². The molecule has 1 heterocycles. The minimum atomic E-state index is -0.0571. The highest BCUT2D eigenvalue weighted by Crippen LogP contribution is 2.49. The molecule has 3 atom stereocenters. The maximum atomic E-state index is 12.3. The quantitative estimate of drug-likeness (QED) is 0.336. The van der Waals surface area contributed by atoms with Crippen molar-refractivity contribution in [3.8, 4) is 0 Å². The van der Waals surface area contributed by atoms with Crippen molar-refractivity contribution in [3.63, 3.8) is 0 Å². The summed E-state index contributed by atoms with van der Waals surface area (Å²) in [5.74, 6) is 2.44. The summed E-state index contributed by atoms with van der Waals surface area (Å²) >= 11 is 0. The van der Waals surface area contributed by atoms with E-state index in [0.717, 1.165) is 11.8 Å². The van der Waals surface area contributed by atoms with Crippen molar-refractivity contribution >= 4 is 17.6 Å². The van der Waals surface area contributed by atoms with E-state index >= 15 is 0 Å². The fraction of sp³-hybridized carbons (Fsp3) is 0.643. The molecule has 2 saturated carbocycles. The Bertz CT molecular complexity index is 580. The number of nitrogens with one attached hydrogen (secondary N) is 1. The predicted molar refractivity (Wildman–Crippen MR) is 77.9 cm³/mol. The summed E-state index contributed by atoms with van der Waals surface area (Å²) in [6.07, 6.45) is 7.08. The number of aryl methyl sites for hydroxylation is 1. The number of hydrogen-bond acceptors (Lipinski definition) is 4. The number of anilines is 1. The standard InChI is InChI=1S/C14H21N5O2/c1-19-14(11(7-16-19)13(15)18-21)17-12(20)6-10-5-8-2-3-9(10)4-8/h7-10,21H,2-6H2,1H3,(H2,15,18)(H,17,20). The van der Waals surface area contributed by atoms with Gasteiger partial charge in [-0.25, -0.2) is 0 Å². The van der Waals surface area contributed by atoms with Gasteiger partial charge in [-0.3, -0.25) is 9.48 Å². The number of amides is 1. The number of amidine groups is 1. The molecule has 2 fully saturated rings. The SMILES string of the molecule is Cn1ncc(C(N)=NO)c1NC(=O)CC1CC2CCC1C2. The number of fused-ring (bicyclic) bond motifs is 2. The molecule has 1 aromatic heterocycles. The van der Waals surface area contributed by atoms with Gasteiger partial charge in [-0.05, 0) is 37.0 Å². The average Bonchev–Trinajstić information content (AvgIpc) is 3.15. The van der Waals surface area contributed by atoms with Crippen LogP contribution in [0.25, 0.3) is 0 Å². The lowest BCUT2D eigenvalue weighted by Gasteiger charge is -2.21. The molecule has 114 valence electrons. The minimum absolute atomic E-state index is 0.0249. The molecule has 2 aliphatic carbocycles. The van der Waals surface area contributed by atoms with Crippen molar-refractivity contribution in [2.45, 2.75) is 32.1 Å². The molecular weight excluding hydrogens is 270 g/mol. The molecule has 1 aromatic rings. The number of rotatable bonds is 4. The van der Waals surface area contributed by atoms with Crippen LogP contribution in [0.15, 0.2) is 11.4 Å². The summed E-state index contributed by atoms with van der Waals surface area (Å²) in [5, 5.41) is 18.6. The van der Waals surface area contributed by atoms with Gasteiger partial charge in [-0.1, -0.05) is 11.6 Å². The van der Waals surface area contributed by atoms with Gasteiger partial charge in [0.1, 0.15) is 5.82 Å². The number of carbonyl (C=O) groups is 1. The highest BCUT2D eigenvalue weighted by Gasteiger charge is 2.40. The van der Waals surface area contributed by atoms with E-state index in [1.807, 2.05) is 0 Å². The van der Waals surface area contributed by atoms with Gasteiger partial charge >= 0.3 is 0 Å². The van der Waals surface area contributed by atoms with Crippen LogP contribution in [0.3, 0.4) is 0 Å². The predicted octanol–water partition coefficient (Wildman–Crippen LogP) is 1.28. The zero-order valence-electron chi connectivity index (χ0n) is 12.1. The molecule has 0 radical (unpaired) electrons. The van der Waals surface area contributed by atoms with Crippen LogP contribution >= 0.6 is 0 Å². The smallest absolute Gasteiger partial charge is 0.225 e. The highest BCUT2D eigenvalue weighted by atomic mass is 16.4. The largest absolute Gasteiger partial charge is 0.409 e. The van der Waals surface area contributed by atoms with E-state index in [2.05, 4.69) is 15.6 Å². The van der Waals surface area contributed by atoms with E-state index < -0.39 is 0 Å². The van der Waals surface area contributed by atoms with Gasteiger partial charge in [0.15, 0.2) is 5.84 Å². The Morgan fingerprint density at radius 1 is 1.57 bits per heavy atom. The maximum absolute atomic E-state index is 12.3. The van der Waals surface area contributed by atoms with E-state index in [4.69, 9.17) is 10.9 Å². The normalized spacial score (nSPS) is 28.0. The second-order valence-electron chi connectivity index (χ2n) is 6.20. The number of oxime groups is 1. The van der Waals surface area contributed by atoms with E-state index in [0.29, 0.717) is 23.7 Å². The molecular formula is C14H21N5O2. The molecule has 0 aliphatic heterocycles. The molecule has 7 nitrogen and oxygen atoms in total. The summed E-state index contributed by atoms with van der Waals surface area (Å²) in [6.45, 7) is 0. The van der Waals surface area contributed by atoms with Gasteiger partial charge in [0.05, 0.1) is 11.8 Å². The molecule has 7 heteroatoms. The first kappa shape index (κ1) is 13.9. The number of nitrogens with zero attached hydrogens (tertiary/aromatic N) is 3. The van der Waals surface area contributed by atoms with Crippen molar-refractivity contribution in [1.29, 1.82) is 0 Å². The van der Waals surface area contributed by atoms with Crippen LogP contribution < -0.4 is 11.1 Å². The molecule has 0 aromatic carbocycles. The van der Waals surface area contributed by atoms with Crippen molar-refractivity contribution in [2.24, 2.45) is 35.7 Å². The van der Waals surface area contributed by atoms with E-state index in [1.165, 1.54) is 36.6 Å². The molecule has 4 N–H and O–H groups in total. The summed E-state index contributed by atoms with van der Waals surface area (Å²) in [7, 11) is 1.71. The van der Waals surface area contributed by atoms with Crippen LogP contribution in [0.2, 0.25) is 0 Å². The zero-order chi connectivity index (χ0) is 15.0. The first-order chi connectivity index (χ1) is 10.1. The molecule has 2 aliphatic rings. The van der Waals surface area contributed by atoms with Gasteiger partial charge < -0.3 is 16.3 Å². The monoisotopic (exact) mass is 291 g/mol. The Kier molecular flexibility index (Phi) is 3.57. The van der Waals surface area contributed by atoms with Crippen molar-refractivity contribution in [1.82, 2.24) is 9.78 Å². The highest BCUT2D eigenvalue weighted by molar-refractivity contribution is 6.04. The molecule has 3 unspecified atom stereocenters. The van der Waals surface area contributed by atoms with Gasteiger partial charge in [-0.15, -0.1) is 0 Å². The Labute approximate surface area is 123 Å².